The van der Waals surface area contributed by atoms with Crippen molar-refractivity contribution in [3.8, 4) is 0 Å². The monoisotopic (exact) mass is 272 g/mol. The van der Waals surface area contributed by atoms with Crippen LogP contribution in [-0.4, -0.2) is 4.57 Å². The molecular formula is C16H14F2N2. The van der Waals surface area contributed by atoms with Crippen LogP contribution < -0.4 is 5.73 Å². The third kappa shape index (κ3) is 2.42. The minimum absolute atomic E-state index is 0.431. The van der Waals surface area contributed by atoms with E-state index in [2.05, 4.69) is 0 Å². The lowest BCUT2D eigenvalue weighted by Gasteiger charge is -2.07. The first-order chi connectivity index (χ1) is 9.65. The van der Waals surface area contributed by atoms with Gasteiger partial charge in [-0.3, -0.25) is 0 Å². The Bertz CT molecular complexity index is 742. The highest BCUT2D eigenvalue weighted by Crippen LogP contribution is 2.19. The highest BCUT2D eigenvalue weighted by molar-refractivity contribution is 5.81. The van der Waals surface area contributed by atoms with Crippen molar-refractivity contribution in [2.75, 3.05) is 0 Å². The second-order valence-corrected chi connectivity index (χ2v) is 4.82. The van der Waals surface area contributed by atoms with Gasteiger partial charge in [-0.15, -0.1) is 0 Å². The molecule has 1 aromatic heterocycles. The van der Waals surface area contributed by atoms with Crippen LogP contribution in [0.25, 0.3) is 10.9 Å². The summed E-state index contributed by atoms with van der Waals surface area (Å²) in [5.41, 5.74) is 8.30. The number of benzene rings is 2. The molecule has 0 atom stereocenters. The number of hydrogen-bond acceptors (Lipinski definition) is 1. The topological polar surface area (TPSA) is 30.9 Å². The van der Waals surface area contributed by atoms with E-state index in [1.807, 2.05) is 35.0 Å². The molecule has 2 nitrogen and oxygen atoms in total. The van der Waals surface area contributed by atoms with Crippen molar-refractivity contribution in [3.63, 3.8) is 0 Å². The molecule has 20 heavy (non-hydrogen) atoms. The van der Waals surface area contributed by atoms with E-state index in [4.69, 9.17) is 5.73 Å². The lowest BCUT2D eigenvalue weighted by atomic mass is 10.1. The Balaban J connectivity index is 1.98. The van der Waals surface area contributed by atoms with Gasteiger partial charge in [-0.05, 0) is 46.8 Å². The zero-order chi connectivity index (χ0) is 14.1. The maximum atomic E-state index is 13.2. The van der Waals surface area contributed by atoms with Crippen LogP contribution in [0.15, 0.2) is 48.7 Å². The van der Waals surface area contributed by atoms with Gasteiger partial charge in [0, 0.05) is 30.9 Å². The molecule has 0 spiro atoms. The summed E-state index contributed by atoms with van der Waals surface area (Å²) < 4.78 is 28.4. The molecule has 0 radical (unpaired) electrons. The van der Waals surface area contributed by atoms with Crippen molar-refractivity contribution in [1.82, 2.24) is 4.57 Å². The minimum Gasteiger partial charge on any atom is -0.343 e. The molecule has 1 heterocycles. The van der Waals surface area contributed by atoms with Crippen LogP contribution in [0.2, 0.25) is 0 Å². The van der Waals surface area contributed by atoms with Gasteiger partial charge in [-0.1, -0.05) is 6.07 Å². The predicted octanol–water partition coefficient (Wildman–Crippen LogP) is 3.43. The molecule has 2 N–H and O–H groups in total. The molecule has 102 valence electrons. The van der Waals surface area contributed by atoms with Crippen molar-refractivity contribution < 1.29 is 8.78 Å². The van der Waals surface area contributed by atoms with Crippen molar-refractivity contribution in [1.29, 1.82) is 0 Å². The fraction of sp³-hybridized carbons (Fsp3) is 0.125. The molecule has 0 unspecified atom stereocenters. The smallest absolute Gasteiger partial charge is 0.126 e. The number of nitrogens with zero attached hydrogens (tertiary/aromatic N) is 1. The first kappa shape index (κ1) is 12.8. The molecule has 0 saturated heterocycles. The third-order valence-corrected chi connectivity index (χ3v) is 3.35. The Morgan fingerprint density at radius 3 is 2.35 bits per heavy atom. The third-order valence-electron chi connectivity index (χ3n) is 3.35. The van der Waals surface area contributed by atoms with E-state index in [0.717, 1.165) is 22.5 Å². The van der Waals surface area contributed by atoms with Crippen LogP contribution in [0.5, 0.6) is 0 Å². The molecular weight excluding hydrogens is 258 g/mol. The van der Waals surface area contributed by atoms with Crippen LogP contribution in [-0.2, 0) is 13.1 Å². The molecule has 0 aliphatic rings. The molecule has 3 aromatic rings. The first-order valence-corrected chi connectivity index (χ1v) is 6.38. The summed E-state index contributed by atoms with van der Waals surface area (Å²) in [6.07, 6.45) is 1.91. The summed E-state index contributed by atoms with van der Waals surface area (Å²) >= 11 is 0. The summed E-state index contributed by atoms with van der Waals surface area (Å²) in [6.45, 7) is 0.927. The van der Waals surface area contributed by atoms with E-state index in [0.29, 0.717) is 18.7 Å². The van der Waals surface area contributed by atoms with Gasteiger partial charge in [0.05, 0.1) is 0 Å². The van der Waals surface area contributed by atoms with Gasteiger partial charge in [-0.2, -0.15) is 0 Å². The van der Waals surface area contributed by atoms with Crippen LogP contribution in [0.1, 0.15) is 11.1 Å². The zero-order valence-electron chi connectivity index (χ0n) is 10.8. The van der Waals surface area contributed by atoms with E-state index >= 15 is 0 Å². The highest BCUT2D eigenvalue weighted by atomic mass is 19.1. The second-order valence-electron chi connectivity index (χ2n) is 4.82. The summed E-state index contributed by atoms with van der Waals surface area (Å²) in [6, 6.07) is 11.5. The van der Waals surface area contributed by atoms with Crippen LogP contribution >= 0.6 is 0 Å². The molecule has 4 heteroatoms. The molecule has 2 aromatic carbocycles. The molecule has 0 fully saturated rings. The van der Waals surface area contributed by atoms with Gasteiger partial charge in [0.15, 0.2) is 0 Å². The molecule has 0 amide bonds. The molecule has 3 rings (SSSR count). The summed E-state index contributed by atoms with van der Waals surface area (Å²) in [4.78, 5) is 0. The van der Waals surface area contributed by atoms with E-state index in [-0.39, 0.29) is 0 Å². The van der Waals surface area contributed by atoms with Crippen molar-refractivity contribution >= 4 is 10.9 Å². The van der Waals surface area contributed by atoms with Gasteiger partial charge in [-0.25, -0.2) is 8.78 Å². The van der Waals surface area contributed by atoms with E-state index in [9.17, 15) is 8.78 Å². The van der Waals surface area contributed by atoms with E-state index in [1.165, 1.54) is 12.1 Å². The number of nitrogens with two attached hydrogens (primary N) is 1. The molecule has 0 bridgehead atoms. The number of aromatic nitrogens is 1. The second kappa shape index (κ2) is 5.06. The van der Waals surface area contributed by atoms with Gasteiger partial charge >= 0.3 is 0 Å². The lowest BCUT2D eigenvalue weighted by Crippen LogP contribution is -2.00. The largest absolute Gasteiger partial charge is 0.343 e. The van der Waals surface area contributed by atoms with Gasteiger partial charge < -0.3 is 10.3 Å². The van der Waals surface area contributed by atoms with Crippen molar-refractivity contribution in [2.45, 2.75) is 13.1 Å². The number of halogens is 2. The summed E-state index contributed by atoms with van der Waals surface area (Å²) in [5.74, 6) is -1.11. The number of fused-ring (bicyclic) bond motifs is 1. The number of rotatable bonds is 3. The SMILES string of the molecule is NCc1ccc2c(ccn2Cc2cc(F)cc(F)c2)c1. The Labute approximate surface area is 115 Å². The molecule has 0 saturated carbocycles. The van der Waals surface area contributed by atoms with Crippen LogP contribution in [0, 0.1) is 11.6 Å². The van der Waals surface area contributed by atoms with Crippen molar-refractivity contribution in [3.05, 3.63) is 71.4 Å². The first-order valence-electron chi connectivity index (χ1n) is 6.38. The van der Waals surface area contributed by atoms with E-state index < -0.39 is 11.6 Å². The number of hydrogen-bond donors (Lipinski definition) is 1. The quantitative estimate of drug-likeness (QED) is 0.778. The Morgan fingerprint density at radius 1 is 0.900 bits per heavy atom. The van der Waals surface area contributed by atoms with Gasteiger partial charge in [0.2, 0.25) is 0 Å². The Morgan fingerprint density at radius 2 is 1.65 bits per heavy atom. The fourth-order valence-corrected chi connectivity index (χ4v) is 2.41. The average molecular weight is 272 g/mol. The van der Waals surface area contributed by atoms with Gasteiger partial charge in [0.1, 0.15) is 11.6 Å². The fourth-order valence-electron chi connectivity index (χ4n) is 2.41. The van der Waals surface area contributed by atoms with Crippen molar-refractivity contribution in [2.24, 2.45) is 5.73 Å². The maximum absolute atomic E-state index is 13.2. The summed E-state index contributed by atoms with van der Waals surface area (Å²) in [5, 5.41) is 1.07. The average Bonchev–Trinajstić information content (AvgIpc) is 2.80. The summed E-state index contributed by atoms with van der Waals surface area (Å²) in [7, 11) is 0. The predicted molar refractivity (Wildman–Crippen MR) is 75.3 cm³/mol. The Hall–Kier alpha value is -2.20. The van der Waals surface area contributed by atoms with E-state index in [1.54, 1.807) is 0 Å². The Kier molecular flexibility index (Phi) is 3.24. The molecule has 0 aliphatic carbocycles. The highest BCUT2D eigenvalue weighted by Gasteiger charge is 2.05. The lowest BCUT2D eigenvalue weighted by molar-refractivity contribution is 0.578. The standard InChI is InChI=1S/C16H14F2N2/c17-14-6-12(7-15(18)8-14)10-20-4-3-13-5-11(9-19)1-2-16(13)20/h1-8H,9-10,19H2. The maximum Gasteiger partial charge on any atom is 0.126 e. The minimum atomic E-state index is -0.554. The van der Waals surface area contributed by atoms with Crippen LogP contribution in [0.3, 0.4) is 0 Å². The zero-order valence-corrected chi connectivity index (χ0v) is 10.8. The molecule has 0 aliphatic heterocycles. The van der Waals surface area contributed by atoms with Gasteiger partial charge in [0.25, 0.3) is 0 Å². The normalized spacial score (nSPS) is 11.2. The van der Waals surface area contributed by atoms with Crippen LogP contribution in [0.4, 0.5) is 8.78 Å².